The van der Waals surface area contributed by atoms with Crippen LogP contribution >= 0.6 is 11.3 Å². The van der Waals surface area contributed by atoms with E-state index in [1.165, 1.54) is 31.2 Å². The number of halogens is 2. The lowest BCUT2D eigenvalue weighted by atomic mass is 10.1. The Balaban J connectivity index is 1.68. The van der Waals surface area contributed by atoms with Crippen LogP contribution in [0.2, 0.25) is 0 Å². The Bertz CT molecular complexity index is 1450. The first-order chi connectivity index (χ1) is 16.7. The molecule has 35 heavy (non-hydrogen) atoms. The third-order valence-electron chi connectivity index (χ3n) is 4.79. The molecule has 4 aromatic rings. The van der Waals surface area contributed by atoms with E-state index >= 15 is 0 Å². The zero-order valence-electron chi connectivity index (χ0n) is 18.7. The molecular formula is C22H18F2N6O4S. The Labute approximate surface area is 201 Å². The summed E-state index contributed by atoms with van der Waals surface area (Å²) in [5.41, 5.74) is -0.0758. The zero-order valence-corrected chi connectivity index (χ0v) is 19.5. The second-order valence-electron chi connectivity index (χ2n) is 7.05. The molecule has 0 atom stereocenters. The number of thiazole rings is 1. The maximum absolute atomic E-state index is 14.8. The summed E-state index contributed by atoms with van der Waals surface area (Å²) in [6, 6.07) is 2.56. The van der Waals surface area contributed by atoms with E-state index in [0.717, 1.165) is 23.5 Å². The van der Waals surface area contributed by atoms with Crippen LogP contribution < -0.4 is 20.1 Å². The van der Waals surface area contributed by atoms with Gasteiger partial charge < -0.3 is 20.1 Å². The smallest absolute Gasteiger partial charge is 0.247 e. The number of aromatic nitrogens is 4. The van der Waals surface area contributed by atoms with Gasteiger partial charge in [0.25, 0.3) is 0 Å². The number of ketones is 1. The van der Waals surface area contributed by atoms with Gasteiger partial charge >= 0.3 is 0 Å². The second-order valence-corrected chi connectivity index (χ2v) is 8.08. The van der Waals surface area contributed by atoms with Crippen LogP contribution in [-0.4, -0.2) is 45.7 Å². The fourth-order valence-electron chi connectivity index (χ4n) is 3.17. The maximum atomic E-state index is 14.8. The van der Waals surface area contributed by atoms with Gasteiger partial charge in [-0.05, 0) is 6.08 Å². The van der Waals surface area contributed by atoms with Gasteiger partial charge in [0.15, 0.2) is 34.0 Å². The monoisotopic (exact) mass is 500 g/mol. The predicted octanol–water partition coefficient (Wildman–Crippen LogP) is 3.82. The number of nitrogens with one attached hydrogen (secondary N) is 2. The number of ether oxygens (including phenoxy) is 2. The quantitative estimate of drug-likeness (QED) is 0.277. The van der Waals surface area contributed by atoms with Crippen molar-refractivity contribution in [3.8, 4) is 11.5 Å². The highest BCUT2D eigenvalue weighted by Gasteiger charge is 2.28. The molecule has 0 unspecified atom stereocenters. The summed E-state index contributed by atoms with van der Waals surface area (Å²) < 4.78 is 41.3. The van der Waals surface area contributed by atoms with Gasteiger partial charge in [-0.1, -0.05) is 6.58 Å². The number of rotatable bonds is 8. The van der Waals surface area contributed by atoms with E-state index in [0.29, 0.717) is 27.5 Å². The molecule has 2 N–H and O–H groups in total. The number of hydrogen-bond acceptors (Lipinski definition) is 9. The van der Waals surface area contributed by atoms with E-state index in [2.05, 4.69) is 32.3 Å². The van der Waals surface area contributed by atoms with Crippen LogP contribution in [0.3, 0.4) is 0 Å². The summed E-state index contributed by atoms with van der Waals surface area (Å²) in [6.07, 6.45) is 4.17. The van der Waals surface area contributed by atoms with Crippen LogP contribution in [0.5, 0.6) is 11.5 Å². The fraction of sp³-hybridized carbons (Fsp3) is 0.136. The maximum Gasteiger partial charge on any atom is 0.247 e. The number of benzene rings is 1. The van der Waals surface area contributed by atoms with Gasteiger partial charge in [-0.15, -0.1) is 11.3 Å². The molecule has 0 spiro atoms. The molecule has 0 aliphatic rings. The van der Waals surface area contributed by atoms with Gasteiger partial charge in [-0.2, -0.15) is 5.10 Å². The van der Waals surface area contributed by atoms with E-state index in [4.69, 9.17) is 9.47 Å². The van der Waals surface area contributed by atoms with Gasteiger partial charge in [0.1, 0.15) is 17.1 Å². The van der Waals surface area contributed by atoms with E-state index < -0.39 is 28.9 Å². The van der Waals surface area contributed by atoms with Gasteiger partial charge in [-0.25, -0.2) is 18.7 Å². The van der Waals surface area contributed by atoms with Crippen molar-refractivity contribution in [2.75, 3.05) is 24.9 Å². The molecule has 180 valence electrons. The van der Waals surface area contributed by atoms with Gasteiger partial charge in [0.05, 0.1) is 30.6 Å². The first kappa shape index (κ1) is 23.8. The summed E-state index contributed by atoms with van der Waals surface area (Å²) >= 11 is 0.924. The standard InChI is InChI=1S/C22H18F2N6O4S/c1-5-16(31)26-11-9-30(2)29-21(11)28-15-6-10-14(8-25-15)35-22(27-10)20(32)17-18(23)12(33-3)7-13(34-4)19(17)24/h5-9H,1H2,2-4H3,(H,26,31)(H,25,28,29). The zero-order chi connectivity index (χ0) is 25.3. The SMILES string of the molecule is C=CC(=O)Nc1cn(C)nc1Nc1cc2nc(C(=O)c3c(F)c(OC)cc(OC)c3F)sc2cn1. The van der Waals surface area contributed by atoms with Crippen molar-refractivity contribution in [2.24, 2.45) is 7.05 Å². The van der Waals surface area contributed by atoms with Crippen LogP contribution in [0.15, 0.2) is 37.2 Å². The van der Waals surface area contributed by atoms with Gasteiger partial charge in [0, 0.05) is 25.4 Å². The number of anilines is 3. The van der Waals surface area contributed by atoms with Crippen molar-refractivity contribution < 1.29 is 27.8 Å². The van der Waals surface area contributed by atoms with E-state index in [-0.39, 0.29) is 16.5 Å². The number of methoxy groups -OCH3 is 2. The lowest BCUT2D eigenvalue weighted by Crippen LogP contribution is -2.10. The molecule has 0 fully saturated rings. The van der Waals surface area contributed by atoms with E-state index in [1.807, 2.05) is 0 Å². The largest absolute Gasteiger partial charge is 0.494 e. The van der Waals surface area contributed by atoms with Crippen LogP contribution in [0, 0.1) is 11.6 Å². The molecular weight excluding hydrogens is 482 g/mol. The summed E-state index contributed by atoms with van der Waals surface area (Å²) in [5, 5.41) is 9.68. The summed E-state index contributed by atoms with van der Waals surface area (Å²) in [4.78, 5) is 33.2. The molecule has 13 heteroatoms. The molecule has 1 aromatic carbocycles. The highest BCUT2D eigenvalue weighted by Crippen LogP contribution is 2.34. The summed E-state index contributed by atoms with van der Waals surface area (Å²) in [5.74, 6) is -3.73. The van der Waals surface area contributed by atoms with Crippen LogP contribution in [0.25, 0.3) is 10.2 Å². The van der Waals surface area contributed by atoms with Crippen molar-refractivity contribution in [1.29, 1.82) is 0 Å². The van der Waals surface area contributed by atoms with Crippen molar-refractivity contribution in [3.05, 3.63) is 59.4 Å². The van der Waals surface area contributed by atoms with E-state index in [1.54, 1.807) is 13.2 Å². The topological polar surface area (TPSA) is 120 Å². The minimum absolute atomic E-state index is 0.149. The van der Waals surface area contributed by atoms with Gasteiger partial charge in [0.2, 0.25) is 11.7 Å². The van der Waals surface area contributed by atoms with Crippen molar-refractivity contribution >= 4 is 50.6 Å². The van der Waals surface area contributed by atoms with Crippen LogP contribution in [0.4, 0.5) is 26.1 Å². The number of fused-ring (bicyclic) bond motifs is 1. The average molecular weight is 500 g/mol. The molecule has 0 bridgehead atoms. The van der Waals surface area contributed by atoms with Crippen LogP contribution in [0.1, 0.15) is 15.4 Å². The molecule has 3 aromatic heterocycles. The minimum Gasteiger partial charge on any atom is -0.494 e. The number of carbonyl (C=O) groups excluding carboxylic acids is 2. The first-order valence-electron chi connectivity index (χ1n) is 9.91. The Morgan fingerprint density at radius 3 is 2.49 bits per heavy atom. The van der Waals surface area contributed by atoms with Crippen molar-refractivity contribution in [3.63, 3.8) is 0 Å². The Morgan fingerprint density at radius 2 is 1.86 bits per heavy atom. The number of carbonyl (C=O) groups is 2. The second kappa shape index (κ2) is 9.46. The predicted molar refractivity (Wildman–Crippen MR) is 126 cm³/mol. The number of pyridine rings is 1. The third-order valence-corrected chi connectivity index (χ3v) is 5.79. The van der Waals surface area contributed by atoms with Gasteiger partial charge in [-0.3, -0.25) is 14.3 Å². The molecule has 4 rings (SSSR count). The van der Waals surface area contributed by atoms with Crippen molar-refractivity contribution in [2.45, 2.75) is 0 Å². The number of aryl methyl sites for hydroxylation is 1. The summed E-state index contributed by atoms with van der Waals surface area (Å²) in [6.45, 7) is 3.41. The highest BCUT2D eigenvalue weighted by molar-refractivity contribution is 7.20. The minimum atomic E-state index is -1.15. The third kappa shape index (κ3) is 4.53. The first-order valence-corrected chi connectivity index (χ1v) is 10.7. The average Bonchev–Trinajstić information content (AvgIpc) is 3.41. The normalized spacial score (nSPS) is 10.8. The molecule has 0 saturated heterocycles. The Morgan fingerprint density at radius 1 is 1.17 bits per heavy atom. The lowest BCUT2D eigenvalue weighted by Gasteiger charge is -2.10. The lowest BCUT2D eigenvalue weighted by molar-refractivity contribution is -0.111. The molecule has 0 saturated carbocycles. The fourth-order valence-corrected chi connectivity index (χ4v) is 4.03. The molecule has 0 aliphatic heterocycles. The number of nitrogens with zero attached hydrogens (tertiary/aromatic N) is 4. The van der Waals surface area contributed by atoms with E-state index in [9.17, 15) is 18.4 Å². The molecule has 0 radical (unpaired) electrons. The van der Waals surface area contributed by atoms with Crippen LogP contribution in [-0.2, 0) is 11.8 Å². The molecule has 1 amide bonds. The molecule has 0 aliphatic carbocycles. The number of hydrogen-bond donors (Lipinski definition) is 2. The number of amides is 1. The molecule has 10 nitrogen and oxygen atoms in total. The highest BCUT2D eigenvalue weighted by atomic mass is 32.1. The molecule has 3 heterocycles. The Hall–Kier alpha value is -4.39. The van der Waals surface area contributed by atoms with Crippen molar-refractivity contribution in [1.82, 2.24) is 19.7 Å². The Kier molecular flexibility index (Phi) is 6.42. The summed E-state index contributed by atoms with van der Waals surface area (Å²) in [7, 11) is 4.06.